The number of hydrogen-bond acceptors (Lipinski definition) is 3. The lowest BCUT2D eigenvalue weighted by Crippen LogP contribution is -1.94. The van der Waals surface area contributed by atoms with Crippen molar-refractivity contribution in [3.63, 3.8) is 0 Å². The zero-order valence-corrected chi connectivity index (χ0v) is 8.35. The van der Waals surface area contributed by atoms with Crippen molar-refractivity contribution in [3.8, 4) is 11.5 Å². The number of ether oxygens (including phenoxy) is 2. The van der Waals surface area contributed by atoms with Crippen LogP contribution < -0.4 is 14.8 Å². The summed E-state index contributed by atoms with van der Waals surface area (Å²) in [4.78, 5) is 0. The number of methoxy groups -OCH3 is 2. The predicted molar refractivity (Wildman–Crippen MR) is 56.8 cm³/mol. The van der Waals surface area contributed by atoms with Crippen LogP contribution in [0, 0.1) is 0 Å². The Hall–Kier alpha value is -1.29. The fourth-order valence-corrected chi connectivity index (χ4v) is 1.09. The van der Waals surface area contributed by atoms with Crippen molar-refractivity contribution in [2.45, 2.75) is 0 Å². The van der Waals surface area contributed by atoms with E-state index in [1.807, 2.05) is 12.1 Å². The van der Waals surface area contributed by atoms with Crippen molar-refractivity contribution in [1.82, 2.24) is 0 Å². The molecule has 0 radical (unpaired) electrons. The van der Waals surface area contributed by atoms with Crippen LogP contribution in [0.4, 0.5) is 5.69 Å². The van der Waals surface area contributed by atoms with Gasteiger partial charge in [-0.2, -0.15) is 0 Å². The van der Waals surface area contributed by atoms with E-state index in [0.29, 0.717) is 0 Å². The zero-order chi connectivity index (χ0) is 9.68. The largest absolute Gasteiger partial charge is 0.497 e. The predicted octanol–water partition coefficient (Wildman–Crippen LogP) is 2.07. The highest BCUT2D eigenvalue weighted by atomic mass is 32.1. The zero-order valence-electron chi connectivity index (χ0n) is 7.53. The molecule has 0 aromatic heterocycles. The molecule has 0 amide bonds. The molecule has 0 bridgehead atoms. The van der Waals surface area contributed by atoms with Crippen molar-refractivity contribution in [2.24, 2.45) is 0 Å². The van der Waals surface area contributed by atoms with Crippen LogP contribution in [0.1, 0.15) is 0 Å². The Kier molecular flexibility index (Phi) is 3.52. The summed E-state index contributed by atoms with van der Waals surface area (Å²) in [6, 6.07) is 5.48. The van der Waals surface area contributed by atoms with Crippen LogP contribution in [0.15, 0.2) is 18.2 Å². The van der Waals surface area contributed by atoms with Gasteiger partial charge in [-0.3, -0.25) is 0 Å². The molecular formula is C9H11NO2S. The molecule has 0 aliphatic carbocycles. The molecule has 4 heteroatoms. The molecule has 1 aromatic rings. The van der Waals surface area contributed by atoms with Crippen molar-refractivity contribution in [1.29, 1.82) is 0 Å². The number of rotatable bonds is 4. The Labute approximate surface area is 82.7 Å². The summed E-state index contributed by atoms with van der Waals surface area (Å²) in [5.41, 5.74) is 2.29. The van der Waals surface area contributed by atoms with E-state index in [4.69, 9.17) is 9.47 Å². The summed E-state index contributed by atoms with van der Waals surface area (Å²) >= 11 is 4.68. The first-order chi connectivity index (χ1) is 6.30. The number of anilines is 1. The second-order valence-corrected chi connectivity index (χ2v) is 2.60. The molecule has 1 N–H and O–H groups in total. The second kappa shape index (κ2) is 4.67. The van der Waals surface area contributed by atoms with Gasteiger partial charge in [-0.1, -0.05) is 12.2 Å². The number of hydrogen-bond donors (Lipinski definition) is 1. The minimum absolute atomic E-state index is 0.735. The molecular weight excluding hydrogens is 186 g/mol. The molecule has 1 aromatic carbocycles. The highest BCUT2D eigenvalue weighted by molar-refractivity contribution is 7.79. The van der Waals surface area contributed by atoms with Crippen LogP contribution in [0.2, 0.25) is 0 Å². The van der Waals surface area contributed by atoms with Gasteiger partial charge in [-0.25, -0.2) is 0 Å². The first-order valence-electron chi connectivity index (χ1n) is 3.73. The highest BCUT2D eigenvalue weighted by Crippen LogP contribution is 2.25. The van der Waals surface area contributed by atoms with Crippen molar-refractivity contribution < 1.29 is 9.47 Å². The number of benzene rings is 1. The van der Waals surface area contributed by atoms with E-state index in [1.54, 1.807) is 20.3 Å². The fraction of sp³-hybridized carbons (Fsp3) is 0.222. The van der Waals surface area contributed by atoms with Gasteiger partial charge in [0.1, 0.15) is 11.5 Å². The molecule has 1 rings (SSSR count). The number of nitrogens with one attached hydrogen (secondary N) is 1. The molecule has 0 spiro atoms. The third-order valence-electron chi connectivity index (χ3n) is 1.58. The van der Waals surface area contributed by atoms with Crippen LogP contribution in [0.5, 0.6) is 11.5 Å². The summed E-state index contributed by atoms with van der Waals surface area (Å²) in [7, 11) is 3.21. The lowest BCUT2D eigenvalue weighted by molar-refractivity contribution is 0.395. The molecule has 0 unspecified atom stereocenters. The Balaban J connectivity index is 2.99. The molecule has 0 saturated heterocycles. The monoisotopic (exact) mass is 197 g/mol. The highest BCUT2D eigenvalue weighted by Gasteiger charge is 1.99. The molecule has 0 atom stereocenters. The van der Waals surface area contributed by atoms with Gasteiger partial charge in [0.05, 0.1) is 19.7 Å². The van der Waals surface area contributed by atoms with Gasteiger partial charge in [0.2, 0.25) is 0 Å². The van der Waals surface area contributed by atoms with Crippen LogP contribution in [0.3, 0.4) is 0 Å². The Morgan fingerprint density at radius 1 is 1.15 bits per heavy atom. The quantitative estimate of drug-likeness (QED) is 0.748. The molecule has 0 saturated carbocycles. The van der Waals surface area contributed by atoms with Crippen LogP contribution in [-0.2, 0) is 0 Å². The summed E-state index contributed by atoms with van der Waals surface area (Å²) < 4.78 is 10.2. The smallest absolute Gasteiger partial charge is 0.124 e. The van der Waals surface area contributed by atoms with E-state index in [1.165, 1.54) is 5.49 Å². The molecule has 13 heavy (non-hydrogen) atoms. The van der Waals surface area contributed by atoms with E-state index in [9.17, 15) is 0 Å². The summed E-state index contributed by atoms with van der Waals surface area (Å²) in [6.07, 6.45) is 0. The average Bonchev–Trinajstić information content (AvgIpc) is 2.17. The Morgan fingerprint density at radius 3 is 2.08 bits per heavy atom. The summed E-state index contributed by atoms with van der Waals surface area (Å²) in [6.45, 7) is 0. The van der Waals surface area contributed by atoms with Gasteiger partial charge >= 0.3 is 0 Å². The molecule has 0 heterocycles. The second-order valence-electron chi connectivity index (χ2n) is 2.36. The van der Waals surface area contributed by atoms with Gasteiger partial charge < -0.3 is 14.8 Å². The van der Waals surface area contributed by atoms with Gasteiger partial charge in [-0.05, 0) is 0 Å². The molecule has 3 nitrogen and oxygen atoms in total. The van der Waals surface area contributed by atoms with Gasteiger partial charge in [0.25, 0.3) is 0 Å². The van der Waals surface area contributed by atoms with Crippen LogP contribution >= 0.6 is 12.2 Å². The maximum absolute atomic E-state index is 5.08. The fourth-order valence-electron chi connectivity index (χ4n) is 0.959. The topological polar surface area (TPSA) is 30.5 Å². The van der Waals surface area contributed by atoms with Crippen molar-refractivity contribution in [3.05, 3.63) is 18.2 Å². The summed E-state index contributed by atoms with van der Waals surface area (Å²) in [5.74, 6) is 1.47. The van der Waals surface area contributed by atoms with E-state index < -0.39 is 0 Å². The molecule has 0 aliphatic rings. The van der Waals surface area contributed by atoms with Gasteiger partial charge in [0, 0.05) is 23.9 Å². The SMILES string of the molecule is COc1cc(NC=S)cc(OC)c1. The van der Waals surface area contributed by atoms with Crippen molar-refractivity contribution >= 4 is 23.4 Å². The van der Waals surface area contributed by atoms with E-state index >= 15 is 0 Å². The lowest BCUT2D eigenvalue weighted by atomic mass is 10.3. The first kappa shape index (κ1) is 9.80. The maximum atomic E-state index is 5.08. The van der Waals surface area contributed by atoms with Crippen LogP contribution in [-0.4, -0.2) is 19.7 Å². The number of thiocarbonyl (C=S) groups is 1. The minimum atomic E-state index is 0.735. The van der Waals surface area contributed by atoms with E-state index in [0.717, 1.165) is 17.2 Å². The van der Waals surface area contributed by atoms with Gasteiger partial charge in [-0.15, -0.1) is 0 Å². The third kappa shape index (κ3) is 2.59. The van der Waals surface area contributed by atoms with Crippen molar-refractivity contribution in [2.75, 3.05) is 19.5 Å². The first-order valence-corrected chi connectivity index (χ1v) is 4.20. The summed E-state index contributed by atoms with van der Waals surface area (Å²) in [5, 5.41) is 2.89. The Morgan fingerprint density at radius 2 is 1.69 bits per heavy atom. The molecule has 0 aliphatic heterocycles. The standard InChI is InChI=1S/C9H11NO2S/c1-11-8-3-7(10-6-13)4-9(5-8)12-2/h3-6H,1-2H3,(H,10,13). The maximum Gasteiger partial charge on any atom is 0.124 e. The lowest BCUT2D eigenvalue weighted by Gasteiger charge is -2.07. The molecule has 70 valence electrons. The molecule has 0 fully saturated rings. The Bertz CT molecular complexity index is 279. The van der Waals surface area contributed by atoms with Crippen LogP contribution in [0.25, 0.3) is 0 Å². The third-order valence-corrected chi connectivity index (χ3v) is 1.69. The van der Waals surface area contributed by atoms with E-state index in [-0.39, 0.29) is 0 Å². The minimum Gasteiger partial charge on any atom is -0.497 e. The normalized spacial score (nSPS) is 9.08. The average molecular weight is 197 g/mol. The van der Waals surface area contributed by atoms with Gasteiger partial charge in [0.15, 0.2) is 0 Å². The van der Waals surface area contributed by atoms with E-state index in [2.05, 4.69) is 17.5 Å².